The molecule has 0 amide bonds. The Labute approximate surface area is 98.0 Å². The second kappa shape index (κ2) is 4.88. The van der Waals surface area contributed by atoms with E-state index < -0.39 is 0 Å². The molecule has 0 aliphatic carbocycles. The van der Waals surface area contributed by atoms with Gasteiger partial charge in [-0.15, -0.1) is 0 Å². The van der Waals surface area contributed by atoms with Gasteiger partial charge in [-0.05, 0) is 43.0 Å². The summed E-state index contributed by atoms with van der Waals surface area (Å²) >= 11 is 0. The Hall–Kier alpha value is -1.02. The van der Waals surface area contributed by atoms with Crippen LogP contribution in [0.4, 0.5) is 0 Å². The summed E-state index contributed by atoms with van der Waals surface area (Å²) in [7, 11) is 0. The van der Waals surface area contributed by atoms with Crippen molar-refractivity contribution in [2.45, 2.75) is 39.2 Å². The first-order valence-electron chi connectivity index (χ1n) is 6.14. The Morgan fingerprint density at radius 3 is 2.81 bits per heavy atom. The quantitative estimate of drug-likeness (QED) is 0.844. The van der Waals surface area contributed by atoms with E-state index >= 15 is 0 Å². The van der Waals surface area contributed by atoms with Crippen LogP contribution in [0.5, 0.6) is 5.75 Å². The first-order chi connectivity index (χ1) is 7.66. The number of benzene rings is 1. The third-order valence-electron chi connectivity index (χ3n) is 3.10. The highest BCUT2D eigenvalue weighted by Crippen LogP contribution is 2.28. The fourth-order valence-corrected chi connectivity index (χ4v) is 2.13. The van der Waals surface area contributed by atoms with Crippen molar-refractivity contribution in [3.63, 3.8) is 0 Å². The minimum Gasteiger partial charge on any atom is -0.489 e. The molecule has 2 heteroatoms. The highest BCUT2D eigenvalue weighted by atomic mass is 16.5. The van der Waals surface area contributed by atoms with Crippen molar-refractivity contribution in [2.24, 2.45) is 0 Å². The molecule has 0 radical (unpaired) electrons. The van der Waals surface area contributed by atoms with E-state index in [1.54, 1.807) is 0 Å². The van der Waals surface area contributed by atoms with Gasteiger partial charge in [0.25, 0.3) is 0 Å². The van der Waals surface area contributed by atoms with Gasteiger partial charge in [0.05, 0.1) is 0 Å². The van der Waals surface area contributed by atoms with Gasteiger partial charge in [0, 0.05) is 6.54 Å². The van der Waals surface area contributed by atoms with E-state index in [1.807, 2.05) is 0 Å². The van der Waals surface area contributed by atoms with Crippen LogP contribution in [0, 0.1) is 6.92 Å². The van der Waals surface area contributed by atoms with Crippen molar-refractivity contribution in [1.29, 1.82) is 0 Å². The predicted molar refractivity (Wildman–Crippen MR) is 67.2 cm³/mol. The Bertz CT molecular complexity index is 354. The van der Waals surface area contributed by atoms with Crippen molar-refractivity contribution in [3.05, 3.63) is 29.3 Å². The lowest BCUT2D eigenvalue weighted by Crippen LogP contribution is -2.20. The van der Waals surface area contributed by atoms with E-state index in [9.17, 15) is 0 Å². The fraction of sp³-hybridized carbons (Fsp3) is 0.571. The zero-order chi connectivity index (χ0) is 11.5. The van der Waals surface area contributed by atoms with Crippen LogP contribution in [-0.2, 0) is 0 Å². The summed E-state index contributed by atoms with van der Waals surface area (Å²) in [6, 6.07) is 6.51. The average molecular weight is 219 g/mol. The lowest BCUT2D eigenvalue weighted by atomic mass is 10.0. The van der Waals surface area contributed by atoms with Crippen molar-refractivity contribution in [3.8, 4) is 5.75 Å². The van der Waals surface area contributed by atoms with Crippen LogP contribution in [0.25, 0.3) is 0 Å². The van der Waals surface area contributed by atoms with Gasteiger partial charge in [-0.1, -0.05) is 26.0 Å². The zero-order valence-corrected chi connectivity index (χ0v) is 10.4. The van der Waals surface area contributed by atoms with Crippen molar-refractivity contribution >= 4 is 0 Å². The van der Waals surface area contributed by atoms with Gasteiger partial charge in [-0.25, -0.2) is 0 Å². The summed E-state index contributed by atoms with van der Waals surface area (Å²) in [5.41, 5.74) is 2.59. The van der Waals surface area contributed by atoms with Crippen LogP contribution in [0.2, 0.25) is 0 Å². The van der Waals surface area contributed by atoms with Gasteiger partial charge in [0.1, 0.15) is 11.9 Å². The molecular weight excluding hydrogens is 198 g/mol. The van der Waals surface area contributed by atoms with Crippen LogP contribution in [0.1, 0.15) is 37.3 Å². The van der Waals surface area contributed by atoms with Gasteiger partial charge in [-0.2, -0.15) is 0 Å². The number of ether oxygens (including phenoxy) is 1. The fourth-order valence-electron chi connectivity index (χ4n) is 2.13. The average Bonchev–Trinajstić information content (AvgIpc) is 2.70. The van der Waals surface area contributed by atoms with E-state index in [-0.39, 0.29) is 0 Å². The molecule has 0 saturated carbocycles. The topological polar surface area (TPSA) is 21.3 Å². The van der Waals surface area contributed by atoms with E-state index in [0.29, 0.717) is 12.0 Å². The maximum atomic E-state index is 6.09. The van der Waals surface area contributed by atoms with Crippen LogP contribution in [-0.4, -0.2) is 19.2 Å². The molecule has 1 aromatic carbocycles. The van der Waals surface area contributed by atoms with Gasteiger partial charge >= 0.3 is 0 Å². The van der Waals surface area contributed by atoms with Gasteiger partial charge < -0.3 is 10.1 Å². The van der Waals surface area contributed by atoms with E-state index in [0.717, 1.165) is 25.3 Å². The van der Waals surface area contributed by atoms with Crippen molar-refractivity contribution in [2.75, 3.05) is 13.1 Å². The highest BCUT2D eigenvalue weighted by molar-refractivity contribution is 5.39. The molecule has 2 nitrogen and oxygen atoms in total. The van der Waals surface area contributed by atoms with Crippen molar-refractivity contribution in [1.82, 2.24) is 5.32 Å². The number of rotatable bonds is 3. The summed E-state index contributed by atoms with van der Waals surface area (Å²) in [6.07, 6.45) is 1.46. The van der Waals surface area contributed by atoms with Gasteiger partial charge in [0.2, 0.25) is 0 Å². The van der Waals surface area contributed by atoms with Crippen LogP contribution in [0.15, 0.2) is 18.2 Å². The second-order valence-corrected chi connectivity index (χ2v) is 4.93. The molecule has 1 aliphatic rings. The molecule has 1 aromatic rings. The number of nitrogens with one attached hydrogen (secondary N) is 1. The Balaban J connectivity index is 2.19. The number of hydrogen-bond donors (Lipinski definition) is 1. The lowest BCUT2D eigenvalue weighted by Gasteiger charge is -2.18. The summed E-state index contributed by atoms with van der Waals surface area (Å²) in [5, 5.41) is 3.33. The molecule has 1 N–H and O–H groups in total. The zero-order valence-electron chi connectivity index (χ0n) is 10.4. The molecule has 1 fully saturated rings. The molecule has 88 valence electrons. The minimum absolute atomic E-state index is 0.347. The highest BCUT2D eigenvalue weighted by Gasteiger charge is 2.18. The maximum absolute atomic E-state index is 6.09. The molecule has 0 spiro atoms. The predicted octanol–water partition coefficient (Wildman–Crippen LogP) is 2.86. The summed E-state index contributed by atoms with van der Waals surface area (Å²) in [5.74, 6) is 1.59. The van der Waals surface area contributed by atoms with Gasteiger partial charge in [0.15, 0.2) is 0 Å². The standard InChI is InChI=1S/C14H21NO/c1-10(2)13-5-4-11(3)8-14(13)16-12-6-7-15-9-12/h4-5,8,10,12,15H,6-7,9H2,1-3H3/t12-/m0/s1. The third-order valence-corrected chi connectivity index (χ3v) is 3.10. The molecule has 2 rings (SSSR count). The molecule has 0 bridgehead atoms. The summed E-state index contributed by atoms with van der Waals surface area (Å²) in [6.45, 7) is 8.59. The number of aryl methyl sites for hydroxylation is 1. The molecule has 1 atom stereocenters. The SMILES string of the molecule is Cc1ccc(C(C)C)c(O[C@H]2CCNC2)c1. The smallest absolute Gasteiger partial charge is 0.123 e. The monoisotopic (exact) mass is 219 g/mol. The second-order valence-electron chi connectivity index (χ2n) is 4.93. The van der Waals surface area contributed by atoms with Gasteiger partial charge in [-0.3, -0.25) is 0 Å². The molecule has 0 unspecified atom stereocenters. The molecule has 0 aromatic heterocycles. The molecule has 1 aliphatic heterocycles. The van der Waals surface area contributed by atoms with Crippen molar-refractivity contribution < 1.29 is 4.74 Å². The first-order valence-corrected chi connectivity index (χ1v) is 6.14. The Morgan fingerprint density at radius 1 is 1.38 bits per heavy atom. The summed E-state index contributed by atoms with van der Waals surface area (Å²) < 4.78 is 6.09. The first kappa shape index (κ1) is 11.5. The van der Waals surface area contributed by atoms with Crippen LogP contribution >= 0.6 is 0 Å². The van der Waals surface area contributed by atoms with Crippen LogP contribution in [0.3, 0.4) is 0 Å². The van der Waals surface area contributed by atoms with E-state index in [4.69, 9.17) is 4.74 Å². The van der Waals surface area contributed by atoms with E-state index in [1.165, 1.54) is 11.1 Å². The molecular formula is C14H21NO. The Morgan fingerprint density at radius 2 is 2.19 bits per heavy atom. The molecule has 1 heterocycles. The normalized spacial score (nSPS) is 20.4. The largest absolute Gasteiger partial charge is 0.489 e. The molecule has 16 heavy (non-hydrogen) atoms. The maximum Gasteiger partial charge on any atom is 0.123 e. The van der Waals surface area contributed by atoms with E-state index in [2.05, 4.69) is 44.3 Å². The minimum atomic E-state index is 0.347. The lowest BCUT2D eigenvalue weighted by molar-refractivity contribution is 0.220. The Kier molecular flexibility index (Phi) is 3.49. The van der Waals surface area contributed by atoms with Crippen LogP contribution < -0.4 is 10.1 Å². The third kappa shape index (κ3) is 2.56. The summed E-state index contributed by atoms with van der Waals surface area (Å²) in [4.78, 5) is 0. The number of hydrogen-bond acceptors (Lipinski definition) is 2. The molecule has 1 saturated heterocycles.